The van der Waals surface area contributed by atoms with E-state index in [-0.39, 0.29) is 0 Å². The largest absolute Gasteiger partial charge is 0.396 e. The molecule has 0 spiro atoms. The summed E-state index contributed by atoms with van der Waals surface area (Å²) in [6.45, 7) is 0.619. The van der Waals surface area contributed by atoms with Crippen LogP contribution >= 0.6 is 0 Å². The molecule has 4 heteroatoms. The SMILES string of the molecule is CNCC#Cc1cncc(N)c1N. The molecule has 5 N–H and O–H groups in total. The van der Waals surface area contributed by atoms with Crippen LogP contribution in [0.2, 0.25) is 0 Å². The lowest BCUT2D eigenvalue weighted by atomic mass is 10.2. The lowest BCUT2D eigenvalue weighted by Crippen LogP contribution is -2.04. The summed E-state index contributed by atoms with van der Waals surface area (Å²) < 4.78 is 0. The van der Waals surface area contributed by atoms with Crippen molar-refractivity contribution in [3.63, 3.8) is 0 Å². The highest BCUT2D eigenvalue weighted by atomic mass is 14.8. The molecule has 0 saturated carbocycles. The first-order chi connectivity index (χ1) is 6.25. The van der Waals surface area contributed by atoms with Crippen LogP contribution in [0.15, 0.2) is 12.4 Å². The van der Waals surface area contributed by atoms with E-state index < -0.39 is 0 Å². The second-order valence-corrected chi connectivity index (χ2v) is 2.52. The van der Waals surface area contributed by atoms with Crippen LogP contribution in [0.25, 0.3) is 0 Å². The van der Waals surface area contributed by atoms with Gasteiger partial charge in [0.2, 0.25) is 0 Å². The minimum absolute atomic E-state index is 0.469. The molecular formula is C9H12N4. The number of nitrogen functional groups attached to an aromatic ring is 2. The molecule has 1 aromatic rings. The summed E-state index contributed by atoms with van der Waals surface area (Å²) >= 11 is 0. The lowest BCUT2D eigenvalue weighted by molar-refractivity contribution is 0.938. The molecule has 0 unspecified atom stereocenters. The highest BCUT2D eigenvalue weighted by molar-refractivity contribution is 5.69. The number of hydrogen-bond acceptors (Lipinski definition) is 4. The monoisotopic (exact) mass is 176 g/mol. The van der Waals surface area contributed by atoms with Crippen LogP contribution in [-0.2, 0) is 0 Å². The zero-order valence-corrected chi connectivity index (χ0v) is 7.46. The fourth-order valence-electron chi connectivity index (χ4n) is 0.814. The van der Waals surface area contributed by atoms with E-state index in [1.165, 1.54) is 6.20 Å². The van der Waals surface area contributed by atoms with Crippen molar-refractivity contribution in [3.05, 3.63) is 18.0 Å². The van der Waals surface area contributed by atoms with E-state index in [1.807, 2.05) is 7.05 Å². The number of hydrogen-bond donors (Lipinski definition) is 3. The minimum atomic E-state index is 0.469. The van der Waals surface area contributed by atoms with E-state index in [4.69, 9.17) is 11.5 Å². The molecule has 68 valence electrons. The molecule has 0 aliphatic heterocycles. The topological polar surface area (TPSA) is 77.0 Å². The van der Waals surface area contributed by atoms with Crippen molar-refractivity contribution < 1.29 is 0 Å². The molecule has 0 fully saturated rings. The summed E-state index contributed by atoms with van der Waals surface area (Å²) in [6.07, 6.45) is 3.12. The van der Waals surface area contributed by atoms with Crippen LogP contribution in [0.3, 0.4) is 0 Å². The summed E-state index contributed by atoms with van der Waals surface area (Å²) in [4.78, 5) is 3.90. The van der Waals surface area contributed by atoms with Crippen LogP contribution in [0, 0.1) is 11.8 Å². The van der Waals surface area contributed by atoms with Gasteiger partial charge < -0.3 is 16.8 Å². The van der Waals surface area contributed by atoms with Crippen molar-refractivity contribution in [2.24, 2.45) is 0 Å². The molecule has 0 aliphatic rings. The predicted molar refractivity (Wildman–Crippen MR) is 53.9 cm³/mol. The maximum Gasteiger partial charge on any atom is 0.0747 e. The molecule has 0 aromatic carbocycles. The van der Waals surface area contributed by atoms with E-state index in [2.05, 4.69) is 22.1 Å². The minimum Gasteiger partial charge on any atom is -0.396 e. The summed E-state index contributed by atoms with van der Waals surface area (Å²) in [5.41, 5.74) is 12.9. The van der Waals surface area contributed by atoms with Gasteiger partial charge in [-0.05, 0) is 7.05 Å². The Bertz CT molecular complexity index is 348. The van der Waals surface area contributed by atoms with Gasteiger partial charge in [-0.15, -0.1) is 0 Å². The first-order valence-corrected chi connectivity index (χ1v) is 3.88. The molecule has 0 saturated heterocycles. The van der Waals surface area contributed by atoms with Crippen molar-refractivity contribution in [2.75, 3.05) is 25.1 Å². The van der Waals surface area contributed by atoms with Crippen molar-refractivity contribution in [3.8, 4) is 11.8 Å². The van der Waals surface area contributed by atoms with Gasteiger partial charge in [-0.1, -0.05) is 11.8 Å². The summed E-state index contributed by atoms with van der Waals surface area (Å²) in [7, 11) is 1.83. The Morgan fingerprint density at radius 1 is 1.46 bits per heavy atom. The van der Waals surface area contributed by atoms with Gasteiger partial charge in [0.25, 0.3) is 0 Å². The number of aromatic nitrogens is 1. The van der Waals surface area contributed by atoms with Gasteiger partial charge in [-0.25, -0.2) is 0 Å². The molecule has 0 atom stereocenters. The van der Waals surface area contributed by atoms with E-state index in [1.54, 1.807) is 6.20 Å². The molecule has 1 heterocycles. The lowest BCUT2D eigenvalue weighted by Gasteiger charge is -1.99. The average Bonchev–Trinajstić information content (AvgIpc) is 2.13. The Kier molecular flexibility index (Phi) is 3.12. The number of nitrogens with two attached hydrogens (primary N) is 2. The smallest absolute Gasteiger partial charge is 0.0747 e. The third-order valence-corrected chi connectivity index (χ3v) is 1.51. The fourth-order valence-corrected chi connectivity index (χ4v) is 0.814. The van der Waals surface area contributed by atoms with Crippen molar-refractivity contribution in [1.82, 2.24) is 10.3 Å². The van der Waals surface area contributed by atoms with E-state index in [0.29, 0.717) is 23.5 Å². The quantitative estimate of drug-likeness (QED) is 0.519. The Morgan fingerprint density at radius 2 is 2.23 bits per heavy atom. The third kappa shape index (κ3) is 2.36. The maximum atomic E-state index is 5.68. The van der Waals surface area contributed by atoms with E-state index >= 15 is 0 Å². The van der Waals surface area contributed by atoms with Gasteiger partial charge in [-0.3, -0.25) is 4.98 Å². The van der Waals surface area contributed by atoms with Gasteiger partial charge in [-0.2, -0.15) is 0 Å². The predicted octanol–water partition coefficient (Wildman–Crippen LogP) is -0.183. The Labute approximate surface area is 77.3 Å². The Hall–Kier alpha value is -1.73. The number of anilines is 2. The van der Waals surface area contributed by atoms with Gasteiger partial charge in [0.05, 0.1) is 29.7 Å². The van der Waals surface area contributed by atoms with Crippen LogP contribution in [0.4, 0.5) is 11.4 Å². The first-order valence-electron chi connectivity index (χ1n) is 3.88. The van der Waals surface area contributed by atoms with Crippen molar-refractivity contribution in [2.45, 2.75) is 0 Å². The molecule has 13 heavy (non-hydrogen) atoms. The zero-order valence-electron chi connectivity index (χ0n) is 7.46. The molecule has 0 radical (unpaired) electrons. The van der Waals surface area contributed by atoms with Gasteiger partial charge in [0.1, 0.15) is 0 Å². The number of rotatable bonds is 1. The molecular weight excluding hydrogens is 164 g/mol. The standard InChI is InChI=1S/C9H12N4/c1-12-4-2-3-7-5-13-6-8(10)9(7)11/h5-6,12H,4,10H2,1H3,(H2,11,13). The van der Waals surface area contributed by atoms with E-state index in [0.717, 1.165) is 0 Å². The molecule has 0 aliphatic carbocycles. The average molecular weight is 176 g/mol. The fraction of sp³-hybridized carbons (Fsp3) is 0.222. The van der Waals surface area contributed by atoms with Crippen molar-refractivity contribution in [1.29, 1.82) is 0 Å². The van der Waals surface area contributed by atoms with Gasteiger partial charge in [0.15, 0.2) is 0 Å². The Morgan fingerprint density at radius 3 is 2.92 bits per heavy atom. The zero-order chi connectivity index (χ0) is 9.68. The number of pyridine rings is 1. The van der Waals surface area contributed by atoms with E-state index in [9.17, 15) is 0 Å². The summed E-state index contributed by atoms with van der Waals surface area (Å²) in [5.74, 6) is 5.76. The highest BCUT2D eigenvalue weighted by Gasteiger charge is 1.98. The van der Waals surface area contributed by atoms with Gasteiger partial charge in [0, 0.05) is 6.20 Å². The second kappa shape index (κ2) is 4.33. The van der Waals surface area contributed by atoms with Crippen molar-refractivity contribution >= 4 is 11.4 Å². The van der Waals surface area contributed by atoms with Crippen LogP contribution in [0.1, 0.15) is 5.56 Å². The molecule has 0 bridgehead atoms. The highest BCUT2D eigenvalue weighted by Crippen LogP contribution is 2.15. The molecule has 1 aromatic heterocycles. The maximum absolute atomic E-state index is 5.68. The van der Waals surface area contributed by atoms with Crippen LogP contribution < -0.4 is 16.8 Å². The number of nitrogens with one attached hydrogen (secondary N) is 1. The number of nitrogens with zero attached hydrogens (tertiary/aromatic N) is 1. The first kappa shape index (κ1) is 9.36. The van der Waals surface area contributed by atoms with Gasteiger partial charge >= 0.3 is 0 Å². The third-order valence-electron chi connectivity index (χ3n) is 1.51. The Balaban J connectivity index is 2.91. The van der Waals surface area contributed by atoms with Crippen LogP contribution in [0.5, 0.6) is 0 Å². The summed E-state index contributed by atoms with van der Waals surface area (Å²) in [5, 5.41) is 2.91. The molecule has 4 nitrogen and oxygen atoms in total. The second-order valence-electron chi connectivity index (χ2n) is 2.52. The molecule has 0 amide bonds. The van der Waals surface area contributed by atoms with Crippen LogP contribution in [-0.4, -0.2) is 18.6 Å². The summed E-state index contributed by atoms with van der Waals surface area (Å²) in [6, 6.07) is 0. The molecule has 1 rings (SSSR count). The normalized spacial score (nSPS) is 9.00.